The Morgan fingerprint density at radius 1 is 1.67 bits per heavy atom. The van der Waals surface area contributed by atoms with E-state index in [1.54, 1.807) is 14.1 Å². The van der Waals surface area contributed by atoms with Gasteiger partial charge >= 0.3 is 0 Å². The molecule has 0 aliphatic heterocycles. The SMILES string of the molecule is CN(C)C(=O)Cn1cnc(Cl)c(N)c1=O. The Morgan fingerprint density at radius 3 is 2.80 bits per heavy atom. The maximum atomic E-state index is 11.5. The van der Waals surface area contributed by atoms with E-state index in [0.29, 0.717) is 0 Å². The molecule has 1 amide bonds. The second-order valence-corrected chi connectivity index (χ2v) is 3.53. The molecule has 0 spiro atoms. The summed E-state index contributed by atoms with van der Waals surface area (Å²) in [6, 6.07) is 0. The van der Waals surface area contributed by atoms with Crippen LogP contribution in [-0.2, 0) is 11.3 Å². The van der Waals surface area contributed by atoms with E-state index in [9.17, 15) is 9.59 Å². The molecule has 0 atom stereocenters. The lowest BCUT2D eigenvalue weighted by atomic mass is 10.5. The Hall–Kier alpha value is -1.56. The first kappa shape index (κ1) is 11.5. The number of aromatic nitrogens is 2. The van der Waals surface area contributed by atoms with E-state index >= 15 is 0 Å². The van der Waals surface area contributed by atoms with Crippen LogP contribution in [0.15, 0.2) is 11.1 Å². The molecule has 0 aliphatic carbocycles. The number of amides is 1. The lowest BCUT2D eigenvalue weighted by Crippen LogP contribution is -2.32. The number of nitrogens with zero attached hydrogens (tertiary/aromatic N) is 3. The average Bonchev–Trinajstić information content (AvgIpc) is 2.18. The van der Waals surface area contributed by atoms with Gasteiger partial charge in [0.2, 0.25) is 5.91 Å². The molecular weight excluding hydrogens is 220 g/mol. The number of hydrogen-bond donors (Lipinski definition) is 1. The molecule has 2 N–H and O–H groups in total. The van der Waals surface area contributed by atoms with Gasteiger partial charge < -0.3 is 10.6 Å². The smallest absolute Gasteiger partial charge is 0.278 e. The van der Waals surface area contributed by atoms with Gasteiger partial charge in [0.1, 0.15) is 12.2 Å². The first-order chi connectivity index (χ1) is 6.93. The molecular formula is C8H11ClN4O2. The van der Waals surface area contributed by atoms with Crippen molar-refractivity contribution in [1.82, 2.24) is 14.5 Å². The minimum Gasteiger partial charge on any atom is -0.392 e. The molecule has 0 fully saturated rings. The summed E-state index contributed by atoms with van der Waals surface area (Å²) >= 11 is 5.54. The molecule has 0 bridgehead atoms. The first-order valence-electron chi connectivity index (χ1n) is 4.14. The van der Waals surface area contributed by atoms with E-state index in [2.05, 4.69) is 4.98 Å². The second kappa shape index (κ2) is 4.31. The van der Waals surface area contributed by atoms with E-state index in [-0.39, 0.29) is 23.3 Å². The van der Waals surface area contributed by atoms with Crippen molar-refractivity contribution < 1.29 is 4.79 Å². The summed E-state index contributed by atoms with van der Waals surface area (Å²) in [5.74, 6) is -0.222. The Balaban J connectivity index is 3.03. The van der Waals surface area contributed by atoms with Crippen LogP contribution in [-0.4, -0.2) is 34.5 Å². The van der Waals surface area contributed by atoms with Crippen LogP contribution < -0.4 is 11.3 Å². The van der Waals surface area contributed by atoms with Crippen molar-refractivity contribution in [2.45, 2.75) is 6.54 Å². The normalized spacial score (nSPS) is 10.1. The molecule has 0 aromatic carbocycles. The van der Waals surface area contributed by atoms with Crippen molar-refractivity contribution in [3.63, 3.8) is 0 Å². The number of halogens is 1. The van der Waals surface area contributed by atoms with E-state index < -0.39 is 5.56 Å². The number of carbonyl (C=O) groups excluding carboxylic acids is 1. The van der Waals surface area contributed by atoms with Crippen molar-refractivity contribution in [2.75, 3.05) is 19.8 Å². The van der Waals surface area contributed by atoms with Gasteiger partial charge in [0.05, 0.1) is 6.33 Å². The van der Waals surface area contributed by atoms with Gasteiger partial charge in [-0.3, -0.25) is 14.2 Å². The Kier molecular flexibility index (Phi) is 3.31. The molecule has 0 saturated heterocycles. The van der Waals surface area contributed by atoms with Gasteiger partial charge in [-0.15, -0.1) is 0 Å². The van der Waals surface area contributed by atoms with Crippen LogP contribution in [0.1, 0.15) is 0 Å². The second-order valence-electron chi connectivity index (χ2n) is 3.17. The molecule has 0 saturated carbocycles. The molecule has 1 aromatic heterocycles. The van der Waals surface area contributed by atoms with Crippen LogP contribution in [0.5, 0.6) is 0 Å². The number of carbonyl (C=O) groups is 1. The summed E-state index contributed by atoms with van der Waals surface area (Å²) in [6.45, 7) is -0.0970. The highest BCUT2D eigenvalue weighted by Crippen LogP contribution is 2.07. The van der Waals surface area contributed by atoms with Gasteiger partial charge in [-0.05, 0) is 0 Å². The third-order valence-corrected chi connectivity index (χ3v) is 2.13. The number of rotatable bonds is 2. The number of anilines is 1. The lowest BCUT2D eigenvalue weighted by Gasteiger charge is -2.11. The maximum absolute atomic E-state index is 11.5. The molecule has 0 radical (unpaired) electrons. The van der Waals surface area contributed by atoms with Gasteiger partial charge in [-0.2, -0.15) is 0 Å². The predicted molar refractivity (Wildman–Crippen MR) is 56.6 cm³/mol. The zero-order valence-corrected chi connectivity index (χ0v) is 9.15. The van der Waals surface area contributed by atoms with Crippen molar-refractivity contribution in [3.05, 3.63) is 21.8 Å². The zero-order chi connectivity index (χ0) is 11.6. The molecule has 1 aromatic rings. The number of hydrogen-bond acceptors (Lipinski definition) is 4. The number of nitrogens with two attached hydrogens (primary N) is 1. The Morgan fingerprint density at radius 2 is 2.27 bits per heavy atom. The van der Waals surface area contributed by atoms with Crippen LogP contribution in [0.25, 0.3) is 0 Å². The molecule has 0 unspecified atom stereocenters. The molecule has 1 heterocycles. The summed E-state index contributed by atoms with van der Waals surface area (Å²) < 4.78 is 1.11. The first-order valence-corrected chi connectivity index (χ1v) is 4.52. The summed E-state index contributed by atoms with van der Waals surface area (Å²) in [7, 11) is 3.19. The summed E-state index contributed by atoms with van der Waals surface area (Å²) in [6.07, 6.45) is 1.20. The number of likely N-dealkylation sites (N-methyl/N-ethyl adjacent to an activating group) is 1. The third-order valence-electron chi connectivity index (χ3n) is 1.83. The fraction of sp³-hybridized carbons (Fsp3) is 0.375. The van der Waals surface area contributed by atoms with Crippen LogP contribution in [0.3, 0.4) is 0 Å². The van der Waals surface area contributed by atoms with Crippen LogP contribution in [0, 0.1) is 0 Å². The fourth-order valence-corrected chi connectivity index (χ4v) is 1.01. The molecule has 6 nitrogen and oxygen atoms in total. The highest BCUT2D eigenvalue weighted by Gasteiger charge is 2.10. The third kappa shape index (κ3) is 2.47. The zero-order valence-electron chi connectivity index (χ0n) is 8.40. The highest BCUT2D eigenvalue weighted by molar-refractivity contribution is 6.31. The maximum Gasteiger partial charge on any atom is 0.278 e. The monoisotopic (exact) mass is 230 g/mol. The van der Waals surface area contributed by atoms with Gasteiger partial charge in [-0.1, -0.05) is 11.6 Å². The fourth-order valence-electron chi connectivity index (χ4n) is 0.885. The average molecular weight is 231 g/mol. The van der Waals surface area contributed by atoms with E-state index in [1.165, 1.54) is 11.2 Å². The van der Waals surface area contributed by atoms with Gasteiger partial charge in [-0.25, -0.2) is 4.98 Å². The molecule has 82 valence electrons. The van der Waals surface area contributed by atoms with Crippen LogP contribution in [0.2, 0.25) is 5.15 Å². The molecule has 7 heteroatoms. The molecule has 15 heavy (non-hydrogen) atoms. The number of nitrogen functional groups attached to an aromatic ring is 1. The Labute approximate surface area is 91.3 Å². The van der Waals surface area contributed by atoms with Crippen LogP contribution in [0.4, 0.5) is 5.69 Å². The van der Waals surface area contributed by atoms with E-state index in [1.807, 2.05) is 0 Å². The van der Waals surface area contributed by atoms with E-state index in [0.717, 1.165) is 4.57 Å². The largest absolute Gasteiger partial charge is 0.392 e. The van der Waals surface area contributed by atoms with Crippen molar-refractivity contribution in [1.29, 1.82) is 0 Å². The standard InChI is InChI=1S/C8H11ClN4O2/c1-12(2)5(14)3-13-4-11-7(9)6(10)8(13)15/h4H,3,10H2,1-2H3. The van der Waals surface area contributed by atoms with Gasteiger partial charge in [0, 0.05) is 14.1 Å². The minimum absolute atomic E-state index is 0.0476. The van der Waals surface area contributed by atoms with Crippen LogP contribution >= 0.6 is 11.6 Å². The van der Waals surface area contributed by atoms with E-state index in [4.69, 9.17) is 17.3 Å². The van der Waals surface area contributed by atoms with Crippen molar-refractivity contribution >= 4 is 23.2 Å². The minimum atomic E-state index is -0.509. The highest BCUT2D eigenvalue weighted by atomic mass is 35.5. The quantitative estimate of drug-likeness (QED) is 0.699. The Bertz CT molecular complexity index is 441. The van der Waals surface area contributed by atoms with Gasteiger partial charge in [0.25, 0.3) is 5.56 Å². The van der Waals surface area contributed by atoms with Crippen molar-refractivity contribution in [2.24, 2.45) is 0 Å². The lowest BCUT2D eigenvalue weighted by molar-refractivity contribution is -0.129. The molecule has 0 aliphatic rings. The summed E-state index contributed by atoms with van der Waals surface area (Å²) in [5, 5.41) is -0.0476. The predicted octanol–water partition coefficient (Wildman–Crippen LogP) is -0.433. The summed E-state index contributed by atoms with van der Waals surface area (Å²) in [5.41, 5.74) is 4.73. The molecule has 1 rings (SSSR count). The summed E-state index contributed by atoms with van der Waals surface area (Å²) in [4.78, 5) is 27.9. The van der Waals surface area contributed by atoms with Crippen molar-refractivity contribution in [3.8, 4) is 0 Å². The topological polar surface area (TPSA) is 81.2 Å². The van der Waals surface area contributed by atoms with Gasteiger partial charge in [0.15, 0.2) is 5.15 Å².